The van der Waals surface area contributed by atoms with Crippen LogP contribution in [0.3, 0.4) is 0 Å². The molecule has 22 heavy (non-hydrogen) atoms. The third-order valence-electron chi connectivity index (χ3n) is 3.33. The van der Waals surface area contributed by atoms with Crippen LogP contribution in [0, 0.1) is 0 Å². The zero-order chi connectivity index (χ0) is 15.4. The van der Waals surface area contributed by atoms with Gasteiger partial charge < -0.3 is 4.74 Å². The van der Waals surface area contributed by atoms with Gasteiger partial charge in [-0.15, -0.1) is 11.3 Å². The highest BCUT2D eigenvalue weighted by molar-refractivity contribution is 7.18. The Bertz CT molecular complexity index is 704. The standard InChI is InChI=1S/C19H16O2S/c1-2-21-19(20)17-13-16(14-9-5-3-6-10-14)18(22-17)15-11-7-4-8-12-15/h3-13H,2H2,1H3. The lowest BCUT2D eigenvalue weighted by molar-refractivity contribution is 0.0532. The number of carbonyl (C=O) groups is 1. The van der Waals surface area contributed by atoms with Crippen LogP contribution >= 0.6 is 11.3 Å². The van der Waals surface area contributed by atoms with Crippen molar-refractivity contribution in [3.8, 4) is 21.6 Å². The molecule has 1 aromatic heterocycles. The molecule has 3 heteroatoms. The van der Waals surface area contributed by atoms with Crippen molar-refractivity contribution in [2.75, 3.05) is 6.61 Å². The Labute approximate surface area is 134 Å². The molecule has 0 aliphatic carbocycles. The van der Waals surface area contributed by atoms with E-state index in [1.807, 2.05) is 49.4 Å². The van der Waals surface area contributed by atoms with E-state index >= 15 is 0 Å². The van der Waals surface area contributed by atoms with Crippen LogP contribution in [0.4, 0.5) is 0 Å². The highest BCUT2D eigenvalue weighted by atomic mass is 32.1. The Balaban J connectivity index is 2.12. The monoisotopic (exact) mass is 308 g/mol. The summed E-state index contributed by atoms with van der Waals surface area (Å²) in [5.74, 6) is -0.258. The predicted molar refractivity (Wildman–Crippen MR) is 91.1 cm³/mol. The molecule has 110 valence electrons. The van der Waals surface area contributed by atoms with Gasteiger partial charge in [0, 0.05) is 10.4 Å². The van der Waals surface area contributed by atoms with Gasteiger partial charge in [0.05, 0.1) is 6.61 Å². The number of ether oxygens (including phenoxy) is 1. The summed E-state index contributed by atoms with van der Waals surface area (Å²) in [7, 11) is 0. The summed E-state index contributed by atoms with van der Waals surface area (Å²) < 4.78 is 5.14. The van der Waals surface area contributed by atoms with Crippen molar-refractivity contribution < 1.29 is 9.53 Å². The number of esters is 1. The summed E-state index contributed by atoms with van der Waals surface area (Å²) in [6.07, 6.45) is 0. The van der Waals surface area contributed by atoms with Gasteiger partial charge in [0.25, 0.3) is 0 Å². The van der Waals surface area contributed by atoms with Crippen LogP contribution in [0.15, 0.2) is 66.7 Å². The van der Waals surface area contributed by atoms with E-state index in [4.69, 9.17) is 4.74 Å². The summed E-state index contributed by atoms with van der Waals surface area (Å²) >= 11 is 1.48. The van der Waals surface area contributed by atoms with Crippen LogP contribution in [0.1, 0.15) is 16.6 Å². The first kappa shape index (κ1) is 14.5. The molecule has 2 aromatic carbocycles. The zero-order valence-corrected chi connectivity index (χ0v) is 13.1. The van der Waals surface area contributed by atoms with Gasteiger partial charge in [-0.25, -0.2) is 4.79 Å². The molecule has 1 heterocycles. The second-order valence-electron chi connectivity index (χ2n) is 4.81. The van der Waals surface area contributed by atoms with Crippen molar-refractivity contribution in [3.05, 3.63) is 71.6 Å². The lowest BCUT2D eigenvalue weighted by Crippen LogP contribution is -2.01. The average molecular weight is 308 g/mol. The van der Waals surface area contributed by atoms with E-state index in [9.17, 15) is 4.79 Å². The van der Waals surface area contributed by atoms with Gasteiger partial charge in [-0.05, 0) is 24.1 Å². The first-order chi connectivity index (χ1) is 10.8. The first-order valence-electron chi connectivity index (χ1n) is 7.21. The highest BCUT2D eigenvalue weighted by Crippen LogP contribution is 2.39. The normalized spacial score (nSPS) is 10.4. The number of carbonyl (C=O) groups excluding carboxylic acids is 1. The molecular weight excluding hydrogens is 292 g/mol. The number of rotatable bonds is 4. The summed E-state index contributed by atoms with van der Waals surface area (Å²) in [5, 5.41) is 0. The Morgan fingerprint density at radius 1 is 0.955 bits per heavy atom. The first-order valence-corrected chi connectivity index (χ1v) is 8.03. The van der Waals surface area contributed by atoms with Gasteiger partial charge in [-0.1, -0.05) is 60.7 Å². The Morgan fingerprint density at radius 2 is 1.55 bits per heavy atom. The van der Waals surface area contributed by atoms with Crippen LogP contribution in [-0.4, -0.2) is 12.6 Å². The SMILES string of the molecule is CCOC(=O)c1cc(-c2ccccc2)c(-c2ccccc2)s1. The van der Waals surface area contributed by atoms with Crippen molar-refractivity contribution >= 4 is 17.3 Å². The molecule has 0 aliphatic heterocycles. The van der Waals surface area contributed by atoms with Gasteiger partial charge in [0.1, 0.15) is 4.88 Å². The highest BCUT2D eigenvalue weighted by Gasteiger charge is 2.17. The minimum Gasteiger partial charge on any atom is -0.462 e. The smallest absolute Gasteiger partial charge is 0.348 e. The minimum absolute atomic E-state index is 0.258. The lowest BCUT2D eigenvalue weighted by atomic mass is 10.0. The van der Waals surface area contributed by atoms with E-state index in [1.165, 1.54) is 11.3 Å². The molecule has 3 aromatic rings. The molecule has 0 saturated heterocycles. The summed E-state index contributed by atoms with van der Waals surface area (Å²) in [6, 6.07) is 22.2. The molecule has 0 radical (unpaired) electrons. The largest absolute Gasteiger partial charge is 0.462 e. The number of hydrogen-bond donors (Lipinski definition) is 0. The maximum Gasteiger partial charge on any atom is 0.348 e. The van der Waals surface area contributed by atoms with Gasteiger partial charge in [-0.2, -0.15) is 0 Å². The van der Waals surface area contributed by atoms with Crippen LogP contribution in [0.5, 0.6) is 0 Å². The average Bonchev–Trinajstić information content (AvgIpc) is 3.02. The van der Waals surface area contributed by atoms with Crippen molar-refractivity contribution in [2.24, 2.45) is 0 Å². The van der Waals surface area contributed by atoms with Crippen molar-refractivity contribution in [2.45, 2.75) is 6.92 Å². The summed E-state index contributed by atoms with van der Waals surface area (Å²) in [6.45, 7) is 2.21. The second-order valence-corrected chi connectivity index (χ2v) is 5.86. The number of thiophene rings is 1. The predicted octanol–water partition coefficient (Wildman–Crippen LogP) is 5.26. The molecule has 0 aliphatic rings. The number of hydrogen-bond acceptors (Lipinski definition) is 3. The molecule has 3 rings (SSSR count). The Kier molecular flexibility index (Phi) is 4.35. The third kappa shape index (κ3) is 2.95. The quantitative estimate of drug-likeness (QED) is 0.615. The third-order valence-corrected chi connectivity index (χ3v) is 4.49. The van der Waals surface area contributed by atoms with Crippen molar-refractivity contribution in [1.29, 1.82) is 0 Å². The van der Waals surface area contributed by atoms with E-state index in [1.54, 1.807) is 0 Å². The maximum absolute atomic E-state index is 12.1. The Morgan fingerprint density at radius 3 is 2.14 bits per heavy atom. The van der Waals surface area contributed by atoms with Gasteiger partial charge in [0.2, 0.25) is 0 Å². The van der Waals surface area contributed by atoms with E-state index < -0.39 is 0 Å². The molecule has 0 N–H and O–H groups in total. The second kappa shape index (κ2) is 6.58. The summed E-state index contributed by atoms with van der Waals surface area (Å²) in [4.78, 5) is 13.8. The summed E-state index contributed by atoms with van der Waals surface area (Å²) in [5.41, 5.74) is 3.29. The molecule has 0 atom stereocenters. The Hall–Kier alpha value is -2.39. The maximum atomic E-state index is 12.1. The van der Waals surface area contributed by atoms with Gasteiger partial charge in [-0.3, -0.25) is 0 Å². The minimum atomic E-state index is -0.258. The van der Waals surface area contributed by atoms with Crippen LogP contribution in [0.2, 0.25) is 0 Å². The van der Waals surface area contributed by atoms with Crippen molar-refractivity contribution in [3.63, 3.8) is 0 Å². The molecule has 2 nitrogen and oxygen atoms in total. The fourth-order valence-electron chi connectivity index (χ4n) is 2.33. The van der Waals surface area contributed by atoms with Crippen LogP contribution < -0.4 is 0 Å². The van der Waals surface area contributed by atoms with E-state index in [2.05, 4.69) is 24.3 Å². The molecule has 0 unspecified atom stereocenters. The topological polar surface area (TPSA) is 26.3 Å². The van der Waals surface area contributed by atoms with Crippen LogP contribution in [-0.2, 0) is 4.74 Å². The fraction of sp³-hybridized carbons (Fsp3) is 0.105. The van der Waals surface area contributed by atoms with E-state index in [0.717, 1.165) is 21.6 Å². The number of benzene rings is 2. The lowest BCUT2D eigenvalue weighted by Gasteiger charge is -2.03. The van der Waals surface area contributed by atoms with Crippen LogP contribution in [0.25, 0.3) is 21.6 Å². The molecule has 0 amide bonds. The zero-order valence-electron chi connectivity index (χ0n) is 12.3. The molecular formula is C19H16O2S. The fourth-order valence-corrected chi connectivity index (χ4v) is 3.41. The molecule has 0 bridgehead atoms. The van der Waals surface area contributed by atoms with Gasteiger partial charge in [0.15, 0.2) is 0 Å². The van der Waals surface area contributed by atoms with E-state index in [0.29, 0.717) is 11.5 Å². The molecule has 0 saturated carbocycles. The van der Waals surface area contributed by atoms with Gasteiger partial charge >= 0.3 is 5.97 Å². The molecule has 0 fully saturated rings. The van der Waals surface area contributed by atoms with Crippen molar-refractivity contribution in [1.82, 2.24) is 0 Å². The van der Waals surface area contributed by atoms with E-state index in [-0.39, 0.29) is 5.97 Å². The molecule has 0 spiro atoms.